The third-order valence-electron chi connectivity index (χ3n) is 4.27. The van der Waals surface area contributed by atoms with Crippen molar-refractivity contribution < 1.29 is 32.7 Å². The summed E-state index contributed by atoms with van der Waals surface area (Å²) in [4.78, 5) is 39.6. The number of carbonyl (C=O) groups is 3. The van der Waals surface area contributed by atoms with Crippen molar-refractivity contribution in [1.29, 1.82) is 0 Å². The number of ketones is 1. The summed E-state index contributed by atoms with van der Waals surface area (Å²) in [5, 5.41) is 9.12. The number of aromatic amines is 1. The van der Waals surface area contributed by atoms with Gasteiger partial charge in [-0.2, -0.15) is 13.2 Å². The van der Waals surface area contributed by atoms with E-state index in [9.17, 15) is 27.6 Å². The first-order valence-electron chi connectivity index (χ1n) is 8.29. The minimum atomic E-state index is -4.49. The van der Waals surface area contributed by atoms with Crippen LogP contribution in [-0.2, 0) is 17.5 Å². The first kappa shape index (κ1) is 21.2. The minimum absolute atomic E-state index is 0.0795. The van der Waals surface area contributed by atoms with Crippen LogP contribution in [0.1, 0.15) is 50.2 Å². The summed E-state index contributed by atoms with van der Waals surface area (Å²) in [6.45, 7) is 3.71. The lowest BCUT2D eigenvalue weighted by molar-refractivity contribution is -0.138. The molecule has 2 aromatic rings. The number of halogens is 3. The fourth-order valence-corrected chi connectivity index (χ4v) is 3.03. The summed E-state index contributed by atoms with van der Waals surface area (Å²) in [5.74, 6) is -2.17. The Morgan fingerprint density at radius 2 is 1.68 bits per heavy atom. The summed E-state index contributed by atoms with van der Waals surface area (Å²) in [6.07, 6.45) is -4.49. The molecule has 9 heteroatoms. The van der Waals surface area contributed by atoms with Crippen molar-refractivity contribution in [3.05, 3.63) is 57.9 Å². The van der Waals surface area contributed by atoms with Crippen LogP contribution >= 0.6 is 0 Å². The van der Waals surface area contributed by atoms with Crippen molar-refractivity contribution in [2.75, 3.05) is 6.54 Å². The van der Waals surface area contributed by atoms with Gasteiger partial charge in [-0.15, -0.1) is 0 Å². The van der Waals surface area contributed by atoms with E-state index in [1.54, 1.807) is 13.8 Å². The smallest absolute Gasteiger partial charge is 0.416 e. The number of aliphatic carboxylic acids is 1. The van der Waals surface area contributed by atoms with Crippen molar-refractivity contribution in [3.63, 3.8) is 0 Å². The van der Waals surface area contributed by atoms with Crippen LogP contribution in [0.15, 0.2) is 24.3 Å². The second-order valence-corrected chi connectivity index (χ2v) is 6.43. The van der Waals surface area contributed by atoms with E-state index in [0.29, 0.717) is 22.4 Å². The molecule has 150 valence electrons. The number of hydrogen-bond donors (Lipinski definition) is 2. The van der Waals surface area contributed by atoms with Crippen LogP contribution in [0.5, 0.6) is 0 Å². The van der Waals surface area contributed by atoms with E-state index in [4.69, 9.17) is 5.11 Å². The Hall–Kier alpha value is -3.10. The normalized spacial score (nSPS) is 11.4. The highest BCUT2D eigenvalue weighted by Crippen LogP contribution is 2.29. The Kier molecular flexibility index (Phi) is 5.96. The fraction of sp³-hybridized carbons (Fsp3) is 0.316. The number of nitrogens with zero attached hydrogens (tertiary/aromatic N) is 1. The molecule has 0 radical (unpaired) electrons. The van der Waals surface area contributed by atoms with Crippen LogP contribution in [0.3, 0.4) is 0 Å². The highest BCUT2D eigenvalue weighted by molar-refractivity contribution is 6.03. The third-order valence-corrected chi connectivity index (χ3v) is 4.27. The summed E-state index contributed by atoms with van der Waals surface area (Å²) in [6, 6.07) is 4.13. The number of aromatic nitrogens is 1. The molecule has 0 unspecified atom stereocenters. The van der Waals surface area contributed by atoms with Crippen LogP contribution in [0.2, 0.25) is 0 Å². The Bertz CT molecular complexity index is 914. The Morgan fingerprint density at radius 1 is 1.11 bits per heavy atom. The first-order chi connectivity index (χ1) is 12.9. The third kappa shape index (κ3) is 4.59. The molecule has 0 saturated carbocycles. The van der Waals surface area contributed by atoms with Gasteiger partial charge in [0.15, 0.2) is 5.78 Å². The molecule has 1 aromatic carbocycles. The topological polar surface area (TPSA) is 90.5 Å². The molecule has 0 spiro atoms. The number of nitrogens with one attached hydrogen (secondary N) is 1. The molecular weight excluding hydrogens is 377 g/mol. The number of rotatable bonds is 6. The van der Waals surface area contributed by atoms with Crippen LogP contribution in [0.25, 0.3) is 0 Å². The van der Waals surface area contributed by atoms with Crippen LogP contribution < -0.4 is 0 Å². The van der Waals surface area contributed by atoms with Gasteiger partial charge in [0.05, 0.1) is 5.56 Å². The van der Waals surface area contributed by atoms with Gasteiger partial charge in [-0.1, -0.05) is 12.1 Å². The van der Waals surface area contributed by atoms with Gasteiger partial charge in [0.2, 0.25) is 0 Å². The largest absolute Gasteiger partial charge is 0.480 e. The lowest BCUT2D eigenvalue weighted by Crippen LogP contribution is -2.35. The van der Waals surface area contributed by atoms with Crippen LogP contribution in [0, 0.1) is 13.8 Å². The van der Waals surface area contributed by atoms with Crippen molar-refractivity contribution in [2.45, 2.75) is 33.5 Å². The predicted octanol–water partition coefficient (Wildman–Crippen LogP) is 3.58. The molecule has 1 aromatic heterocycles. The van der Waals surface area contributed by atoms with E-state index in [1.165, 1.54) is 19.1 Å². The first-order valence-corrected chi connectivity index (χ1v) is 8.29. The zero-order valence-electron chi connectivity index (χ0n) is 15.5. The average molecular weight is 396 g/mol. The standard InChI is InChI=1S/C19H19F3N2O4/c1-10-16(12(3)25)11(2)23-17(10)18(28)24(9-15(26)27)8-13-4-6-14(7-5-13)19(20,21)22/h4-7,23H,8-9H2,1-3H3,(H,26,27). The molecule has 0 atom stereocenters. The molecular formula is C19H19F3N2O4. The molecule has 2 N–H and O–H groups in total. The maximum absolute atomic E-state index is 12.9. The summed E-state index contributed by atoms with van der Waals surface area (Å²) >= 11 is 0. The lowest BCUT2D eigenvalue weighted by Gasteiger charge is -2.21. The van der Waals surface area contributed by atoms with E-state index in [1.807, 2.05) is 0 Å². The summed E-state index contributed by atoms with van der Waals surface area (Å²) in [7, 11) is 0. The lowest BCUT2D eigenvalue weighted by atomic mass is 10.1. The van der Waals surface area contributed by atoms with E-state index in [2.05, 4.69) is 4.98 Å². The highest BCUT2D eigenvalue weighted by atomic mass is 19.4. The molecule has 0 fully saturated rings. The number of benzene rings is 1. The zero-order valence-corrected chi connectivity index (χ0v) is 15.5. The number of alkyl halides is 3. The fourth-order valence-electron chi connectivity index (χ4n) is 3.03. The molecule has 0 saturated heterocycles. The molecule has 1 heterocycles. The van der Waals surface area contributed by atoms with Gasteiger partial charge in [-0.25, -0.2) is 0 Å². The monoisotopic (exact) mass is 396 g/mol. The van der Waals surface area contributed by atoms with Crippen molar-refractivity contribution in [3.8, 4) is 0 Å². The predicted molar refractivity (Wildman–Crippen MR) is 94.1 cm³/mol. The van der Waals surface area contributed by atoms with Gasteiger partial charge < -0.3 is 15.0 Å². The van der Waals surface area contributed by atoms with Gasteiger partial charge >= 0.3 is 12.1 Å². The van der Waals surface area contributed by atoms with Crippen LogP contribution in [0.4, 0.5) is 13.2 Å². The highest BCUT2D eigenvalue weighted by Gasteiger charge is 2.30. The molecule has 0 aliphatic carbocycles. The number of carboxylic acid groups (broad SMARTS) is 1. The van der Waals surface area contributed by atoms with Crippen LogP contribution in [-0.4, -0.2) is 39.2 Å². The number of Topliss-reactive ketones (excluding diaryl/α,β-unsaturated/α-hetero) is 1. The van der Waals surface area contributed by atoms with E-state index in [-0.39, 0.29) is 18.0 Å². The van der Waals surface area contributed by atoms with Gasteiger partial charge in [0, 0.05) is 17.8 Å². The molecule has 2 rings (SSSR count). The quantitative estimate of drug-likeness (QED) is 0.731. The van der Waals surface area contributed by atoms with Crippen molar-refractivity contribution in [2.24, 2.45) is 0 Å². The second kappa shape index (κ2) is 7.87. The molecule has 0 aliphatic heterocycles. The summed E-state index contributed by atoms with van der Waals surface area (Å²) < 4.78 is 38.0. The summed E-state index contributed by atoms with van der Waals surface area (Å²) in [5.41, 5.74) is 0.824. The van der Waals surface area contributed by atoms with E-state index < -0.39 is 30.2 Å². The van der Waals surface area contributed by atoms with E-state index in [0.717, 1.165) is 17.0 Å². The van der Waals surface area contributed by atoms with E-state index >= 15 is 0 Å². The molecule has 0 bridgehead atoms. The van der Waals surface area contributed by atoms with Gasteiger partial charge in [-0.05, 0) is 44.0 Å². The Labute approximate surface area is 159 Å². The number of H-pyrrole nitrogens is 1. The number of aryl methyl sites for hydroxylation is 1. The Morgan fingerprint density at radius 3 is 2.11 bits per heavy atom. The van der Waals surface area contributed by atoms with Gasteiger partial charge in [0.25, 0.3) is 5.91 Å². The average Bonchev–Trinajstić information content (AvgIpc) is 2.87. The van der Waals surface area contributed by atoms with Crippen molar-refractivity contribution >= 4 is 17.7 Å². The number of amides is 1. The second-order valence-electron chi connectivity index (χ2n) is 6.43. The number of hydrogen-bond acceptors (Lipinski definition) is 3. The number of carbonyl (C=O) groups excluding carboxylic acids is 2. The van der Waals surface area contributed by atoms with Crippen molar-refractivity contribution in [1.82, 2.24) is 9.88 Å². The molecule has 28 heavy (non-hydrogen) atoms. The maximum atomic E-state index is 12.9. The zero-order chi connectivity index (χ0) is 21.2. The Balaban J connectivity index is 2.34. The number of carboxylic acids is 1. The SMILES string of the molecule is CC(=O)c1c(C)[nH]c(C(=O)N(CC(=O)O)Cc2ccc(C(F)(F)F)cc2)c1C. The molecule has 0 aliphatic rings. The molecule has 6 nitrogen and oxygen atoms in total. The minimum Gasteiger partial charge on any atom is -0.480 e. The molecule has 1 amide bonds. The van der Waals surface area contributed by atoms with Gasteiger partial charge in [-0.3, -0.25) is 14.4 Å². The maximum Gasteiger partial charge on any atom is 0.416 e. The van der Waals surface area contributed by atoms with Gasteiger partial charge in [0.1, 0.15) is 12.2 Å².